The molecule has 0 fully saturated rings. The van der Waals surface area contributed by atoms with Gasteiger partial charge in [0.2, 0.25) is 0 Å². The van der Waals surface area contributed by atoms with E-state index in [0.717, 1.165) is 16.5 Å². The maximum atomic E-state index is 11.8. The Labute approximate surface area is 193 Å². The first-order chi connectivity index (χ1) is 14.7. The minimum atomic E-state index is -0.282. The maximum Gasteiger partial charge on any atom is 0.338 e. The quantitative estimate of drug-likeness (QED) is 0.469. The van der Waals surface area contributed by atoms with Crippen LogP contribution in [0.15, 0.2) is 89.9 Å². The molecular formula is C25H25ClN2O2S. The van der Waals surface area contributed by atoms with Gasteiger partial charge < -0.3 is 10.1 Å². The van der Waals surface area contributed by atoms with Gasteiger partial charge in [-0.1, -0.05) is 84.6 Å². The van der Waals surface area contributed by atoms with Gasteiger partial charge in [0.15, 0.2) is 5.17 Å². The van der Waals surface area contributed by atoms with Crippen molar-refractivity contribution in [2.45, 2.75) is 24.8 Å². The van der Waals surface area contributed by atoms with Gasteiger partial charge in [0.1, 0.15) is 6.04 Å². The summed E-state index contributed by atoms with van der Waals surface area (Å²) >= 11 is 1.68. The molecule has 0 radical (unpaired) electrons. The summed E-state index contributed by atoms with van der Waals surface area (Å²) in [5.41, 5.74) is 4.14. The maximum absolute atomic E-state index is 11.8. The minimum absolute atomic E-state index is 0. The zero-order chi connectivity index (χ0) is 20.8. The summed E-state index contributed by atoms with van der Waals surface area (Å²) in [6, 6.07) is 28.6. The molecular weight excluding hydrogens is 428 g/mol. The van der Waals surface area contributed by atoms with Crippen molar-refractivity contribution in [3.63, 3.8) is 0 Å². The first-order valence-electron chi connectivity index (χ1n) is 10.1. The molecule has 1 N–H and O–H groups in total. The molecule has 4 nitrogen and oxygen atoms in total. The fourth-order valence-corrected chi connectivity index (χ4v) is 4.37. The Bertz CT molecular complexity index is 1010. The highest BCUT2D eigenvalue weighted by Crippen LogP contribution is 2.38. The third-order valence-electron chi connectivity index (χ3n) is 4.99. The number of halogens is 1. The molecule has 4 rings (SSSR count). The van der Waals surface area contributed by atoms with E-state index in [1.807, 2.05) is 43.3 Å². The highest BCUT2D eigenvalue weighted by Gasteiger charge is 2.31. The van der Waals surface area contributed by atoms with E-state index in [4.69, 9.17) is 9.73 Å². The van der Waals surface area contributed by atoms with Gasteiger partial charge in [0.05, 0.1) is 18.2 Å². The Morgan fingerprint density at radius 3 is 2.16 bits per heavy atom. The van der Waals surface area contributed by atoms with Crippen molar-refractivity contribution in [1.82, 2.24) is 5.32 Å². The second-order valence-corrected chi connectivity index (χ2v) is 7.99. The van der Waals surface area contributed by atoms with E-state index in [-0.39, 0.29) is 30.5 Å². The number of hydrogen-bond acceptors (Lipinski definition) is 5. The minimum Gasteiger partial charge on any atom is -0.462 e. The summed E-state index contributed by atoms with van der Waals surface area (Å²) in [4.78, 5) is 16.8. The molecule has 0 saturated carbocycles. The average Bonchev–Trinajstić information content (AvgIpc) is 3.24. The van der Waals surface area contributed by atoms with Gasteiger partial charge >= 0.3 is 5.97 Å². The van der Waals surface area contributed by atoms with Crippen LogP contribution in [0, 0.1) is 0 Å². The zero-order valence-electron chi connectivity index (χ0n) is 17.2. The number of aliphatic imine (C=N–C) groups is 1. The lowest BCUT2D eigenvalue weighted by Gasteiger charge is -2.19. The third-order valence-corrected chi connectivity index (χ3v) is 5.97. The van der Waals surface area contributed by atoms with Crippen molar-refractivity contribution in [2.75, 3.05) is 6.61 Å². The zero-order valence-corrected chi connectivity index (χ0v) is 18.9. The molecule has 3 aromatic carbocycles. The number of benzene rings is 3. The van der Waals surface area contributed by atoms with Gasteiger partial charge in [-0.25, -0.2) is 4.79 Å². The number of carbonyl (C=O) groups excluding carboxylic acids is 1. The van der Waals surface area contributed by atoms with Gasteiger partial charge in [-0.3, -0.25) is 4.99 Å². The number of carbonyl (C=O) groups is 1. The molecule has 0 aromatic heterocycles. The fourth-order valence-electron chi connectivity index (χ4n) is 3.48. The number of hydrogen-bond donors (Lipinski definition) is 1. The van der Waals surface area contributed by atoms with Crippen molar-refractivity contribution < 1.29 is 9.53 Å². The Balaban J connectivity index is 0.00000272. The number of rotatable bonds is 6. The molecule has 2 atom stereocenters. The lowest BCUT2D eigenvalue weighted by atomic mass is 9.95. The van der Waals surface area contributed by atoms with E-state index in [2.05, 4.69) is 53.8 Å². The Kier molecular flexibility index (Phi) is 8.15. The van der Waals surface area contributed by atoms with Crippen molar-refractivity contribution >= 4 is 35.3 Å². The van der Waals surface area contributed by atoms with Crippen LogP contribution in [-0.2, 0) is 10.5 Å². The van der Waals surface area contributed by atoms with Crippen LogP contribution in [0.3, 0.4) is 0 Å². The van der Waals surface area contributed by atoms with Crippen molar-refractivity contribution in [1.29, 1.82) is 0 Å². The van der Waals surface area contributed by atoms with E-state index in [1.54, 1.807) is 11.8 Å². The lowest BCUT2D eigenvalue weighted by Crippen LogP contribution is -2.22. The number of thioether (sulfide) groups is 1. The molecule has 0 saturated heterocycles. The number of esters is 1. The molecule has 0 spiro atoms. The second-order valence-electron chi connectivity index (χ2n) is 7.03. The molecule has 0 bridgehead atoms. The Morgan fingerprint density at radius 1 is 0.935 bits per heavy atom. The largest absolute Gasteiger partial charge is 0.462 e. The molecule has 31 heavy (non-hydrogen) atoms. The van der Waals surface area contributed by atoms with Crippen LogP contribution in [0.4, 0.5) is 0 Å². The molecule has 3 aromatic rings. The van der Waals surface area contributed by atoms with Crippen LogP contribution in [0.5, 0.6) is 0 Å². The van der Waals surface area contributed by atoms with Crippen molar-refractivity contribution in [2.24, 2.45) is 4.99 Å². The molecule has 0 unspecified atom stereocenters. The molecule has 6 heteroatoms. The van der Waals surface area contributed by atoms with Crippen LogP contribution in [-0.4, -0.2) is 17.7 Å². The summed E-state index contributed by atoms with van der Waals surface area (Å²) in [6.45, 7) is 2.19. The average molecular weight is 453 g/mol. The summed E-state index contributed by atoms with van der Waals surface area (Å²) in [7, 11) is 0. The monoisotopic (exact) mass is 452 g/mol. The predicted molar refractivity (Wildman–Crippen MR) is 130 cm³/mol. The van der Waals surface area contributed by atoms with Crippen molar-refractivity contribution in [3.05, 3.63) is 107 Å². The molecule has 1 heterocycles. The number of nitrogens with one attached hydrogen (secondary N) is 1. The number of amidine groups is 1. The van der Waals surface area contributed by atoms with Crippen molar-refractivity contribution in [3.8, 4) is 0 Å². The highest BCUT2D eigenvalue weighted by molar-refractivity contribution is 8.13. The number of ether oxygens (including phenoxy) is 1. The second kappa shape index (κ2) is 11.0. The van der Waals surface area contributed by atoms with Gasteiger partial charge in [-0.15, -0.1) is 12.4 Å². The van der Waals surface area contributed by atoms with Crippen LogP contribution in [0.1, 0.15) is 46.1 Å². The number of nitrogens with zero attached hydrogens (tertiary/aromatic N) is 1. The van der Waals surface area contributed by atoms with Crippen LogP contribution in [0.25, 0.3) is 0 Å². The van der Waals surface area contributed by atoms with E-state index >= 15 is 0 Å². The van der Waals surface area contributed by atoms with Gasteiger partial charge in [-0.2, -0.15) is 0 Å². The van der Waals surface area contributed by atoms with Gasteiger partial charge in [-0.05, 0) is 35.7 Å². The van der Waals surface area contributed by atoms with E-state index in [0.29, 0.717) is 12.2 Å². The molecule has 1 aliphatic heterocycles. The van der Waals surface area contributed by atoms with Crippen LogP contribution in [0.2, 0.25) is 0 Å². The van der Waals surface area contributed by atoms with Crippen LogP contribution >= 0.6 is 24.2 Å². The smallest absolute Gasteiger partial charge is 0.338 e. The lowest BCUT2D eigenvalue weighted by molar-refractivity contribution is 0.0526. The summed E-state index contributed by atoms with van der Waals surface area (Å²) < 4.78 is 5.04. The van der Waals surface area contributed by atoms with Crippen LogP contribution < -0.4 is 5.32 Å². The fraction of sp³-hybridized carbons (Fsp3) is 0.200. The van der Waals surface area contributed by atoms with E-state index < -0.39 is 0 Å². The standard InChI is InChI=1S/C25H24N2O2S.ClH/c1-2-29-24(28)21-15-13-18(14-16-21)17-30-25-26-22(19-9-5-3-6-10-19)23(27-25)20-11-7-4-8-12-20;/h3-16,22-23H,2,17H2,1H3,(H,26,27);1H/t22-,23+;. The molecule has 0 amide bonds. The Morgan fingerprint density at radius 2 is 1.55 bits per heavy atom. The summed E-state index contributed by atoms with van der Waals surface area (Å²) in [5, 5.41) is 4.55. The predicted octanol–water partition coefficient (Wildman–Crippen LogP) is 5.96. The third kappa shape index (κ3) is 5.69. The summed E-state index contributed by atoms with van der Waals surface area (Å²) in [6.07, 6.45) is 0. The normalized spacial score (nSPS) is 17.3. The first kappa shape index (κ1) is 22.9. The van der Waals surface area contributed by atoms with E-state index in [1.165, 1.54) is 11.1 Å². The first-order valence-corrected chi connectivity index (χ1v) is 11.1. The summed E-state index contributed by atoms with van der Waals surface area (Å²) in [5.74, 6) is 0.493. The molecule has 1 aliphatic rings. The van der Waals surface area contributed by atoms with Gasteiger partial charge in [0.25, 0.3) is 0 Å². The Hall–Kier alpha value is -2.76. The highest BCUT2D eigenvalue weighted by atomic mass is 35.5. The van der Waals surface area contributed by atoms with E-state index in [9.17, 15) is 4.79 Å². The SMILES string of the molecule is CCOC(=O)c1ccc(CSC2=N[C@@H](c3ccccc3)[C@@H](c3ccccc3)N2)cc1.Cl. The molecule has 160 valence electrons. The van der Waals surface area contributed by atoms with Gasteiger partial charge in [0, 0.05) is 5.75 Å². The topological polar surface area (TPSA) is 50.7 Å². The molecule has 0 aliphatic carbocycles.